The summed E-state index contributed by atoms with van der Waals surface area (Å²) in [5.74, 6) is 2.22. The van der Waals surface area contributed by atoms with Gasteiger partial charge in [-0.05, 0) is 50.8 Å². The number of aliphatic imine (C=N–C) groups is 1. The van der Waals surface area contributed by atoms with E-state index >= 15 is 0 Å². The number of hydrogen-bond donors (Lipinski definition) is 0. The van der Waals surface area contributed by atoms with Crippen molar-refractivity contribution in [3.05, 3.63) is 18.2 Å². The number of rotatable bonds is 1. The van der Waals surface area contributed by atoms with E-state index in [0.717, 1.165) is 16.6 Å². The van der Waals surface area contributed by atoms with Crippen LogP contribution in [-0.2, 0) is 9.31 Å². The Morgan fingerprint density at radius 3 is 2.40 bits per heavy atom. The van der Waals surface area contributed by atoms with Crippen LogP contribution >= 0.6 is 0 Å². The molecule has 100 valence electrons. The average molecular weight is 266 g/mol. The molecule has 3 rings (SSSR count). The Morgan fingerprint density at radius 2 is 1.80 bits per heavy atom. The molecule has 2 heterocycles. The van der Waals surface area contributed by atoms with Gasteiger partial charge in [-0.15, -0.1) is 0 Å². The highest BCUT2D eigenvalue weighted by Crippen LogP contribution is 2.36. The van der Waals surface area contributed by atoms with Crippen LogP contribution in [0, 0.1) is 11.2 Å². The summed E-state index contributed by atoms with van der Waals surface area (Å²) >= 11 is 0. The average Bonchev–Trinajstić information content (AvgIpc) is 2.87. The fourth-order valence-corrected chi connectivity index (χ4v) is 2.40. The first-order valence-corrected chi connectivity index (χ1v) is 6.77. The van der Waals surface area contributed by atoms with Gasteiger partial charge in [0.25, 0.3) is 0 Å². The summed E-state index contributed by atoms with van der Waals surface area (Å²) < 4.78 is 12.0. The number of hydrogen-bond acceptors (Lipinski definition) is 4. The van der Waals surface area contributed by atoms with E-state index in [4.69, 9.17) is 14.6 Å². The molecule has 0 aliphatic carbocycles. The number of benzene rings is 1. The van der Waals surface area contributed by atoms with Crippen molar-refractivity contribution < 1.29 is 9.31 Å². The van der Waals surface area contributed by atoms with E-state index in [1.54, 1.807) is 6.11 Å². The normalized spacial score (nSPS) is 21.9. The molecule has 2 aliphatic rings. The van der Waals surface area contributed by atoms with Crippen LogP contribution in [0.25, 0.3) is 0 Å². The summed E-state index contributed by atoms with van der Waals surface area (Å²) in [6, 6.07) is 5.85. The van der Waals surface area contributed by atoms with Crippen molar-refractivity contribution in [1.29, 1.82) is 5.26 Å². The minimum Gasteiger partial charge on any atom is -0.399 e. The zero-order valence-corrected chi connectivity index (χ0v) is 12.2. The van der Waals surface area contributed by atoms with Gasteiger partial charge in [-0.1, -0.05) is 12.1 Å². The molecule has 0 unspecified atom stereocenters. The first kappa shape index (κ1) is 13.4. The van der Waals surface area contributed by atoms with Crippen LogP contribution in [0.2, 0.25) is 0 Å². The first-order chi connectivity index (χ1) is 9.34. The van der Waals surface area contributed by atoms with Gasteiger partial charge in [0.2, 0.25) is 0 Å². The summed E-state index contributed by atoms with van der Waals surface area (Å²) in [5.41, 5.74) is 2.03. The maximum absolute atomic E-state index is 9.04. The molecule has 0 atom stereocenters. The van der Waals surface area contributed by atoms with Crippen LogP contribution in [0.15, 0.2) is 23.2 Å². The van der Waals surface area contributed by atoms with Gasteiger partial charge in [0, 0.05) is 5.97 Å². The quantitative estimate of drug-likeness (QED) is 0.712. The molecule has 1 aromatic rings. The Morgan fingerprint density at radius 1 is 1.15 bits per heavy atom. The third-order valence-corrected chi connectivity index (χ3v) is 4.42. The van der Waals surface area contributed by atoms with Gasteiger partial charge in [0.15, 0.2) is 0 Å². The van der Waals surface area contributed by atoms with E-state index in [2.05, 4.69) is 11.0 Å². The molecule has 1 fully saturated rings. The van der Waals surface area contributed by atoms with Crippen LogP contribution in [0.3, 0.4) is 0 Å². The standard InChI is InChI=1S/C14H16B2N2O2/c1-13(2)14(3,4)20-16(19-13)10-5-6-11-12(7-10)18-9-15(11)8-17/h5-7,9H,1-4H3. The van der Waals surface area contributed by atoms with Crippen molar-refractivity contribution in [3.8, 4) is 5.97 Å². The molecule has 6 heteroatoms. The molecule has 0 radical (unpaired) electrons. The predicted octanol–water partition coefficient (Wildman–Crippen LogP) is 1.01. The molecule has 0 spiro atoms. The van der Waals surface area contributed by atoms with Gasteiger partial charge < -0.3 is 9.31 Å². The summed E-state index contributed by atoms with van der Waals surface area (Å²) in [4.78, 5) is 4.30. The summed E-state index contributed by atoms with van der Waals surface area (Å²) in [5, 5.41) is 9.04. The van der Waals surface area contributed by atoms with E-state index in [9.17, 15) is 0 Å². The zero-order chi connectivity index (χ0) is 14.5. The SMILES string of the molecule is CC1(C)OB(c2ccc3c(c2)N=CB3C#N)OC1(C)C. The van der Waals surface area contributed by atoms with E-state index < -0.39 is 0 Å². The monoisotopic (exact) mass is 266 g/mol. The third-order valence-electron chi connectivity index (χ3n) is 4.42. The fraction of sp³-hybridized carbons (Fsp3) is 0.429. The second-order valence-electron chi connectivity index (χ2n) is 6.29. The van der Waals surface area contributed by atoms with Gasteiger partial charge >= 0.3 is 13.8 Å². The lowest BCUT2D eigenvalue weighted by molar-refractivity contribution is 0.00578. The van der Waals surface area contributed by atoms with Gasteiger partial charge in [-0.2, -0.15) is 0 Å². The lowest BCUT2D eigenvalue weighted by Gasteiger charge is -2.32. The van der Waals surface area contributed by atoms with Crippen LogP contribution in [0.4, 0.5) is 5.69 Å². The Labute approximate surface area is 120 Å². The van der Waals surface area contributed by atoms with Crippen LogP contribution < -0.4 is 10.9 Å². The molecule has 0 bridgehead atoms. The maximum Gasteiger partial charge on any atom is 0.494 e. The molecular weight excluding hydrogens is 250 g/mol. The van der Waals surface area contributed by atoms with E-state index in [-0.39, 0.29) is 25.0 Å². The van der Waals surface area contributed by atoms with Crippen LogP contribution in [0.5, 0.6) is 0 Å². The second-order valence-corrected chi connectivity index (χ2v) is 6.29. The Bertz CT molecular complexity index is 619. The largest absolute Gasteiger partial charge is 0.494 e. The molecule has 2 aliphatic heterocycles. The summed E-state index contributed by atoms with van der Waals surface area (Å²) in [6.45, 7) is 7.89. The highest BCUT2D eigenvalue weighted by Gasteiger charge is 2.51. The lowest BCUT2D eigenvalue weighted by atomic mass is 9.48. The molecule has 1 saturated heterocycles. The van der Waals surface area contributed by atoms with Crippen molar-refractivity contribution in [1.82, 2.24) is 0 Å². The molecule has 20 heavy (non-hydrogen) atoms. The smallest absolute Gasteiger partial charge is 0.399 e. The van der Waals surface area contributed by atoms with Crippen molar-refractivity contribution in [2.45, 2.75) is 38.9 Å². The van der Waals surface area contributed by atoms with Crippen molar-refractivity contribution >= 4 is 36.6 Å². The first-order valence-electron chi connectivity index (χ1n) is 6.77. The van der Waals surface area contributed by atoms with E-state index in [0.29, 0.717) is 0 Å². The van der Waals surface area contributed by atoms with E-state index in [1.807, 2.05) is 45.9 Å². The Hall–Kier alpha value is -1.57. The van der Waals surface area contributed by atoms with Crippen molar-refractivity contribution in [3.63, 3.8) is 0 Å². The third kappa shape index (κ3) is 1.90. The van der Waals surface area contributed by atoms with Crippen molar-refractivity contribution in [2.24, 2.45) is 4.99 Å². The molecule has 4 nitrogen and oxygen atoms in total. The number of fused-ring (bicyclic) bond motifs is 1. The molecule has 1 aromatic carbocycles. The predicted molar refractivity (Wildman–Crippen MR) is 81.3 cm³/mol. The van der Waals surface area contributed by atoms with E-state index in [1.165, 1.54) is 0 Å². The lowest BCUT2D eigenvalue weighted by Crippen LogP contribution is -2.41. The van der Waals surface area contributed by atoms with Crippen molar-refractivity contribution in [2.75, 3.05) is 0 Å². The number of nitriles is 1. The highest BCUT2D eigenvalue weighted by molar-refractivity contribution is 7.03. The molecule has 0 saturated carbocycles. The van der Waals surface area contributed by atoms with Crippen LogP contribution in [0.1, 0.15) is 27.7 Å². The maximum atomic E-state index is 9.04. The minimum absolute atomic E-state index is 0.239. The topological polar surface area (TPSA) is 54.6 Å². The van der Waals surface area contributed by atoms with Gasteiger partial charge in [-0.25, -0.2) is 5.26 Å². The summed E-state index contributed by atoms with van der Waals surface area (Å²) in [6.07, 6.45) is 1.68. The summed E-state index contributed by atoms with van der Waals surface area (Å²) in [7, 11) is -0.387. The van der Waals surface area contributed by atoms with Crippen LogP contribution in [-0.4, -0.2) is 31.1 Å². The Balaban J connectivity index is 1.92. The van der Waals surface area contributed by atoms with Gasteiger partial charge in [0.1, 0.15) is 0 Å². The zero-order valence-electron chi connectivity index (χ0n) is 12.2. The number of nitrogens with zero attached hydrogens (tertiary/aromatic N) is 2. The fourth-order valence-electron chi connectivity index (χ4n) is 2.40. The molecule has 0 N–H and O–H groups in total. The molecule has 0 aromatic heterocycles. The minimum atomic E-state index is -0.387. The van der Waals surface area contributed by atoms with Gasteiger partial charge in [-0.3, -0.25) is 4.99 Å². The highest BCUT2D eigenvalue weighted by atomic mass is 16.7. The molecule has 0 amide bonds. The Kier molecular flexibility index (Phi) is 2.82. The second kappa shape index (κ2) is 4.21. The van der Waals surface area contributed by atoms with Gasteiger partial charge in [0.05, 0.1) is 16.9 Å². The molecular formula is C14H16B2N2O2.